The maximum absolute atomic E-state index is 11.6. The number of carbonyl (C=O) groups is 1. The Morgan fingerprint density at radius 3 is 2.71 bits per heavy atom. The largest absolute Gasteiger partial charge is 0.294 e. The third kappa shape index (κ3) is 2.25. The van der Waals surface area contributed by atoms with Crippen LogP contribution in [0.4, 0.5) is 5.69 Å². The molecule has 0 fully saturated rings. The molecule has 1 aromatic carbocycles. The van der Waals surface area contributed by atoms with Crippen molar-refractivity contribution in [3.63, 3.8) is 0 Å². The Labute approximate surface area is 83.1 Å². The van der Waals surface area contributed by atoms with Gasteiger partial charge in [0.1, 0.15) is 5.69 Å². The Morgan fingerprint density at radius 2 is 2.14 bits per heavy atom. The molecule has 0 saturated carbocycles. The minimum atomic E-state index is 0.0792. The van der Waals surface area contributed by atoms with Gasteiger partial charge in [-0.1, -0.05) is 13.0 Å². The van der Waals surface area contributed by atoms with Crippen molar-refractivity contribution in [3.8, 4) is 0 Å². The summed E-state index contributed by atoms with van der Waals surface area (Å²) in [5.41, 5.74) is 1.83. The number of carbonyl (C=O) groups excluding carboxylic acids is 1. The highest BCUT2D eigenvalue weighted by Crippen LogP contribution is 2.19. The second kappa shape index (κ2) is 4.65. The Kier molecular flexibility index (Phi) is 3.51. The SMILES string of the molecule is CCCC(=O)c1cc(N=O)ccc1C. The second-order valence-electron chi connectivity index (χ2n) is 3.26. The van der Waals surface area contributed by atoms with Gasteiger partial charge in [-0.2, -0.15) is 0 Å². The van der Waals surface area contributed by atoms with Crippen LogP contribution in [0.2, 0.25) is 0 Å². The molecule has 0 saturated heterocycles. The molecule has 0 unspecified atom stereocenters. The fraction of sp³-hybridized carbons (Fsp3) is 0.364. The summed E-state index contributed by atoms with van der Waals surface area (Å²) in [7, 11) is 0. The van der Waals surface area contributed by atoms with E-state index in [1.54, 1.807) is 18.2 Å². The lowest BCUT2D eigenvalue weighted by molar-refractivity contribution is 0.0981. The predicted molar refractivity (Wildman–Crippen MR) is 55.9 cm³/mol. The van der Waals surface area contributed by atoms with Crippen LogP contribution in [0.25, 0.3) is 0 Å². The number of Topliss-reactive ketones (excluding diaryl/α,β-unsaturated/α-hetero) is 1. The number of hydrogen-bond donors (Lipinski definition) is 0. The molecule has 1 rings (SSSR count). The summed E-state index contributed by atoms with van der Waals surface area (Å²) >= 11 is 0. The summed E-state index contributed by atoms with van der Waals surface area (Å²) in [4.78, 5) is 21.9. The normalized spacial score (nSPS) is 9.86. The lowest BCUT2D eigenvalue weighted by atomic mass is 10.0. The van der Waals surface area contributed by atoms with Crippen LogP contribution >= 0.6 is 0 Å². The molecule has 0 amide bonds. The van der Waals surface area contributed by atoms with Crippen molar-refractivity contribution in [3.05, 3.63) is 34.2 Å². The number of nitroso groups, excluding NO2 is 1. The topological polar surface area (TPSA) is 46.5 Å². The van der Waals surface area contributed by atoms with Gasteiger partial charge in [0.2, 0.25) is 0 Å². The van der Waals surface area contributed by atoms with Crippen LogP contribution in [0, 0.1) is 11.8 Å². The first kappa shape index (κ1) is 10.6. The minimum absolute atomic E-state index is 0.0792. The van der Waals surface area contributed by atoms with Gasteiger partial charge < -0.3 is 0 Å². The molecule has 1 aromatic rings. The van der Waals surface area contributed by atoms with E-state index < -0.39 is 0 Å². The molecule has 74 valence electrons. The maximum atomic E-state index is 11.6. The van der Waals surface area contributed by atoms with Gasteiger partial charge in [0.05, 0.1) is 0 Å². The van der Waals surface area contributed by atoms with E-state index in [2.05, 4.69) is 5.18 Å². The van der Waals surface area contributed by atoms with Gasteiger partial charge >= 0.3 is 0 Å². The number of nitrogens with zero attached hydrogens (tertiary/aromatic N) is 1. The van der Waals surface area contributed by atoms with Crippen LogP contribution in [0.3, 0.4) is 0 Å². The van der Waals surface area contributed by atoms with Gasteiger partial charge in [-0.05, 0) is 36.2 Å². The average Bonchev–Trinajstić information content (AvgIpc) is 2.19. The van der Waals surface area contributed by atoms with E-state index in [-0.39, 0.29) is 5.78 Å². The smallest absolute Gasteiger partial charge is 0.163 e. The highest BCUT2D eigenvalue weighted by atomic mass is 16.3. The number of benzene rings is 1. The van der Waals surface area contributed by atoms with Crippen LogP contribution in [-0.4, -0.2) is 5.78 Å². The van der Waals surface area contributed by atoms with Crippen LogP contribution in [0.1, 0.15) is 35.7 Å². The summed E-state index contributed by atoms with van der Waals surface area (Å²) < 4.78 is 0. The zero-order chi connectivity index (χ0) is 10.6. The van der Waals surface area contributed by atoms with Crippen LogP contribution in [0.15, 0.2) is 23.4 Å². The van der Waals surface area contributed by atoms with Crippen molar-refractivity contribution in [2.75, 3.05) is 0 Å². The van der Waals surface area contributed by atoms with E-state index in [1.807, 2.05) is 13.8 Å². The van der Waals surface area contributed by atoms with E-state index in [0.717, 1.165) is 12.0 Å². The maximum Gasteiger partial charge on any atom is 0.163 e. The molecule has 0 spiro atoms. The van der Waals surface area contributed by atoms with Crippen molar-refractivity contribution >= 4 is 11.5 Å². The van der Waals surface area contributed by atoms with Crippen LogP contribution in [0.5, 0.6) is 0 Å². The van der Waals surface area contributed by atoms with Crippen LogP contribution < -0.4 is 0 Å². The monoisotopic (exact) mass is 191 g/mol. The van der Waals surface area contributed by atoms with Gasteiger partial charge in [0.25, 0.3) is 0 Å². The molecule has 0 N–H and O–H groups in total. The summed E-state index contributed by atoms with van der Waals surface area (Å²) in [6, 6.07) is 4.92. The fourth-order valence-corrected chi connectivity index (χ4v) is 1.33. The molecule has 0 aliphatic carbocycles. The number of ketones is 1. The predicted octanol–water partition coefficient (Wildman–Crippen LogP) is 3.38. The summed E-state index contributed by atoms with van der Waals surface area (Å²) in [5, 5.41) is 2.81. The Hall–Kier alpha value is -1.51. The molecular weight excluding hydrogens is 178 g/mol. The van der Waals surface area contributed by atoms with Crippen LogP contribution in [-0.2, 0) is 0 Å². The van der Waals surface area contributed by atoms with Gasteiger partial charge in [-0.3, -0.25) is 4.79 Å². The quantitative estimate of drug-likeness (QED) is 0.541. The van der Waals surface area contributed by atoms with Gasteiger partial charge in [0, 0.05) is 12.0 Å². The molecule has 0 aliphatic rings. The molecule has 0 radical (unpaired) electrons. The molecule has 0 aromatic heterocycles. The highest BCUT2D eigenvalue weighted by Gasteiger charge is 2.08. The van der Waals surface area contributed by atoms with Crippen molar-refractivity contribution in [2.24, 2.45) is 5.18 Å². The molecular formula is C11H13NO2. The average molecular weight is 191 g/mol. The standard InChI is InChI=1S/C11H13NO2/c1-3-4-11(13)10-7-9(12-14)6-5-8(10)2/h5-7H,3-4H2,1-2H3. The molecule has 0 atom stereocenters. The number of aryl methyl sites for hydroxylation is 1. The number of rotatable bonds is 4. The molecule has 0 heterocycles. The van der Waals surface area contributed by atoms with Gasteiger partial charge in [-0.15, -0.1) is 4.91 Å². The Bertz CT molecular complexity index is 358. The second-order valence-corrected chi connectivity index (χ2v) is 3.26. The van der Waals surface area contributed by atoms with Crippen molar-refractivity contribution in [2.45, 2.75) is 26.7 Å². The van der Waals surface area contributed by atoms with E-state index in [4.69, 9.17) is 0 Å². The third-order valence-corrected chi connectivity index (χ3v) is 2.10. The first-order valence-electron chi connectivity index (χ1n) is 4.66. The fourth-order valence-electron chi connectivity index (χ4n) is 1.33. The van der Waals surface area contributed by atoms with E-state index >= 15 is 0 Å². The van der Waals surface area contributed by atoms with E-state index in [0.29, 0.717) is 17.7 Å². The number of hydrogen-bond acceptors (Lipinski definition) is 3. The summed E-state index contributed by atoms with van der Waals surface area (Å²) in [5.74, 6) is 0.0792. The highest BCUT2D eigenvalue weighted by molar-refractivity contribution is 5.98. The Morgan fingerprint density at radius 1 is 1.43 bits per heavy atom. The van der Waals surface area contributed by atoms with E-state index in [9.17, 15) is 9.70 Å². The third-order valence-electron chi connectivity index (χ3n) is 2.10. The molecule has 3 nitrogen and oxygen atoms in total. The van der Waals surface area contributed by atoms with Crippen molar-refractivity contribution in [1.29, 1.82) is 0 Å². The minimum Gasteiger partial charge on any atom is -0.294 e. The lowest BCUT2D eigenvalue weighted by Gasteiger charge is -2.03. The first-order valence-corrected chi connectivity index (χ1v) is 4.66. The van der Waals surface area contributed by atoms with Gasteiger partial charge in [0.15, 0.2) is 5.78 Å². The Balaban J connectivity index is 3.05. The molecule has 3 heteroatoms. The summed E-state index contributed by atoms with van der Waals surface area (Å²) in [6.45, 7) is 3.81. The lowest BCUT2D eigenvalue weighted by Crippen LogP contribution is -2.00. The molecule has 0 aliphatic heterocycles. The summed E-state index contributed by atoms with van der Waals surface area (Å²) in [6.07, 6.45) is 1.33. The first-order chi connectivity index (χ1) is 6.69. The molecule has 14 heavy (non-hydrogen) atoms. The van der Waals surface area contributed by atoms with Crippen molar-refractivity contribution < 1.29 is 4.79 Å². The van der Waals surface area contributed by atoms with E-state index in [1.165, 1.54) is 0 Å². The zero-order valence-electron chi connectivity index (χ0n) is 8.41. The molecule has 0 bridgehead atoms. The van der Waals surface area contributed by atoms with Crippen molar-refractivity contribution in [1.82, 2.24) is 0 Å². The van der Waals surface area contributed by atoms with Gasteiger partial charge in [-0.25, -0.2) is 0 Å². The zero-order valence-corrected chi connectivity index (χ0v) is 8.41.